The molecule has 5 nitrogen and oxygen atoms in total. The minimum Gasteiger partial charge on any atom is -0.311 e. The molecule has 0 radical (unpaired) electrons. The van der Waals surface area contributed by atoms with Gasteiger partial charge in [-0.05, 0) is 60.7 Å². The van der Waals surface area contributed by atoms with Crippen LogP contribution in [0, 0.1) is 0 Å². The molecule has 158 valence electrons. The average Bonchev–Trinajstić information content (AvgIpc) is 3.05. The van der Waals surface area contributed by atoms with Gasteiger partial charge in [-0.25, -0.2) is 8.42 Å². The van der Waals surface area contributed by atoms with Gasteiger partial charge in [0.25, 0.3) is 10.0 Å². The van der Waals surface area contributed by atoms with Crippen LogP contribution in [0.4, 0.5) is 11.4 Å². The zero-order valence-electron chi connectivity index (χ0n) is 17.4. The highest BCUT2D eigenvalue weighted by atomic mass is 32.2. The zero-order valence-corrected chi connectivity index (χ0v) is 18.2. The number of carbonyl (C=O) groups excluding carboxylic acids is 1. The number of amides is 1. The third-order valence-electron chi connectivity index (χ3n) is 6.19. The lowest BCUT2D eigenvalue weighted by molar-refractivity contribution is -0.119. The van der Waals surface area contributed by atoms with Gasteiger partial charge >= 0.3 is 0 Å². The summed E-state index contributed by atoms with van der Waals surface area (Å²) in [5, 5.41) is 0. The van der Waals surface area contributed by atoms with Gasteiger partial charge in [-0.2, -0.15) is 0 Å². The molecule has 0 aromatic heterocycles. The zero-order chi connectivity index (χ0) is 21.6. The minimum absolute atomic E-state index is 0.0645. The van der Waals surface area contributed by atoms with E-state index in [1.165, 1.54) is 4.31 Å². The number of benzene rings is 3. The van der Waals surface area contributed by atoms with Crippen molar-refractivity contribution in [3.05, 3.63) is 89.5 Å². The van der Waals surface area contributed by atoms with Crippen LogP contribution in [0.2, 0.25) is 0 Å². The Labute approximate surface area is 183 Å². The largest absolute Gasteiger partial charge is 0.311 e. The van der Waals surface area contributed by atoms with Gasteiger partial charge in [0.05, 0.1) is 28.7 Å². The molecule has 2 aliphatic heterocycles. The second-order valence-corrected chi connectivity index (χ2v) is 10.0. The van der Waals surface area contributed by atoms with Gasteiger partial charge in [0.15, 0.2) is 0 Å². The SMILES string of the molecule is C[C@@H]1C(=O)N2CCCc3cc(S(=O)(=O)N(Cc4ccccc4)c4ccccc4)cc1c32. The van der Waals surface area contributed by atoms with Crippen LogP contribution in [0.3, 0.4) is 0 Å². The van der Waals surface area contributed by atoms with Crippen LogP contribution in [0.5, 0.6) is 0 Å². The van der Waals surface area contributed by atoms with Gasteiger partial charge in [-0.1, -0.05) is 48.5 Å². The summed E-state index contributed by atoms with van der Waals surface area (Å²) in [5.74, 6) is -0.254. The number of hydrogen-bond acceptors (Lipinski definition) is 3. The molecule has 0 bridgehead atoms. The van der Waals surface area contributed by atoms with Gasteiger partial charge in [0.2, 0.25) is 5.91 Å². The molecule has 5 rings (SSSR count). The van der Waals surface area contributed by atoms with E-state index < -0.39 is 10.0 Å². The van der Waals surface area contributed by atoms with Gasteiger partial charge in [0, 0.05) is 6.54 Å². The van der Waals surface area contributed by atoms with Crippen LogP contribution in [0.25, 0.3) is 0 Å². The number of anilines is 2. The molecule has 1 atom stereocenters. The van der Waals surface area contributed by atoms with Gasteiger partial charge < -0.3 is 4.90 Å². The van der Waals surface area contributed by atoms with Crippen LogP contribution in [-0.4, -0.2) is 20.9 Å². The van der Waals surface area contributed by atoms with Gasteiger partial charge in [-0.3, -0.25) is 9.10 Å². The predicted octanol–water partition coefficient (Wildman–Crippen LogP) is 4.48. The molecule has 2 heterocycles. The Kier molecular flexibility index (Phi) is 4.82. The van der Waals surface area contributed by atoms with Crippen LogP contribution in [0.15, 0.2) is 77.7 Å². The summed E-state index contributed by atoms with van der Waals surface area (Å²) in [6.45, 7) is 2.81. The number of aryl methyl sites for hydroxylation is 1. The molecule has 0 N–H and O–H groups in total. The standard InChI is InChI=1S/C25H24N2O3S/c1-18-23-16-22(15-20-11-8-14-26(24(20)23)25(18)28)31(29,30)27(21-12-6-3-7-13-21)17-19-9-4-2-5-10-19/h2-7,9-10,12-13,15-16,18H,8,11,14,17H2,1H3/t18-/m0/s1. The molecule has 6 heteroatoms. The Morgan fingerprint density at radius 2 is 1.68 bits per heavy atom. The molecule has 0 aliphatic carbocycles. The van der Waals surface area contributed by atoms with Crippen molar-refractivity contribution < 1.29 is 13.2 Å². The topological polar surface area (TPSA) is 57.7 Å². The maximum absolute atomic E-state index is 13.9. The van der Waals surface area contributed by atoms with Crippen molar-refractivity contribution in [1.82, 2.24) is 0 Å². The highest BCUT2D eigenvalue weighted by Gasteiger charge is 2.39. The first-order valence-electron chi connectivity index (χ1n) is 10.6. The fraction of sp³-hybridized carbons (Fsp3) is 0.240. The van der Waals surface area contributed by atoms with Crippen molar-refractivity contribution in [3.63, 3.8) is 0 Å². The van der Waals surface area contributed by atoms with Crippen molar-refractivity contribution in [2.45, 2.75) is 37.1 Å². The Hall–Kier alpha value is -3.12. The highest BCUT2D eigenvalue weighted by molar-refractivity contribution is 7.92. The van der Waals surface area contributed by atoms with E-state index in [0.29, 0.717) is 12.2 Å². The van der Waals surface area contributed by atoms with E-state index in [4.69, 9.17) is 0 Å². The number of rotatable bonds is 5. The molecule has 2 aliphatic rings. The molecule has 31 heavy (non-hydrogen) atoms. The van der Waals surface area contributed by atoms with Crippen molar-refractivity contribution >= 4 is 27.3 Å². The molecule has 0 spiro atoms. The first-order valence-corrected chi connectivity index (χ1v) is 12.0. The lowest BCUT2D eigenvalue weighted by Crippen LogP contribution is -2.32. The summed E-state index contributed by atoms with van der Waals surface area (Å²) >= 11 is 0. The summed E-state index contributed by atoms with van der Waals surface area (Å²) in [7, 11) is -3.84. The molecule has 0 fully saturated rings. The van der Waals surface area contributed by atoms with Gasteiger partial charge in [-0.15, -0.1) is 0 Å². The molecular weight excluding hydrogens is 408 g/mol. The van der Waals surface area contributed by atoms with Crippen molar-refractivity contribution in [1.29, 1.82) is 0 Å². The van der Waals surface area contributed by atoms with Crippen LogP contribution < -0.4 is 9.21 Å². The summed E-state index contributed by atoms with van der Waals surface area (Å²) in [6, 6.07) is 22.2. The molecule has 0 saturated heterocycles. The Balaban J connectivity index is 1.63. The molecule has 3 aromatic rings. The Bertz CT molecular complexity index is 1240. The molecule has 0 unspecified atom stereocenters. The van der Waals surface area contributed by atoms with Crippen LogP contribution in [0.1, 0.15) is 36.0 Å². The third kappa shape index (κ3) is 3.31. The van der Waals surface area contributed by atoms with E-state index in [1.54, 1.807) is 12.1 Å². The molecular formula is C25H24N2O3S. The maximum atomic E-state index is 13.9. The quantitative estimate of drug-likeness (QED) is 0.597. The van der Waals surface area contributed by atoms with E-state index in [9.17, 15) is 13.2 Å². The van der Waals surface area contributed by atoms with Crippen molar-refractivity contribution in [2.75, 3.05) is 15.7 Å². The van der Waals surface area contributed by atoms with E-state index in [-0.39, 0.29) is 23.3 Å². The number of para-hydroxylation sites is 1. The van der Waals surface area contributed by atoms with Crippen LogP contribution >= 0.6 is 0 Å². The summed E-state index contributed by atoms with van der Waals surface area (Å²) in [6.07, 6.45) is 1.63. The minimum atomic E-state index is -3.84. The first-order chi connectivity index (χ1) is 15.0. The van der Waals surface area contributed by atoms with E-state index >= 15 is 0 Å². The van der Waals surface area contributed by atoms with Crippen molar-refractivity contribution in [3.8, 4) is 0 Å². The predicted molar refractivity (Wildman–Crippen MR) is 122 cm³/mol. The van der Waals surface area contributed by atoms with E-state index in [1.807, 2.05) is 72.5 Å². The Morgan fingerprint density at radius 3 is 2.39 bits per heavy atom. The lowest BCUT2D eigenvalue weighted by atomic mass is 9.97. The van der Waals surface area contributed by atoms with Crippen LogP contribution in [-0.2, 0) is 27.8 Å². The fourth-order valence-corrected chi connectivity index (χ4v) is 6.14. The fourth-order valence-electron chi connectivity index (χ4n) is 4.60. The number of nitrogens with zero attached hydrogens (tertiary/aromatic N) is 2. The number of sulfonamides is 1. The third-order valence-corrected chi connectivity index (χ3v) is 7.95. The monoisotopic (exact) mass is 432 g/mol. The van der Waals surface area contributed by atoms with Crippen molar-refractivity contribution in [2.24, 2.45) is 0 Å². The molecule has 3 aromatic carbocycles. The molecule has 1 amide bonds. The van der Waals surface area contributed by atoms with E-state index in [0.717, 1.165) is 35.2 Å². The summed E-state index contributed by atoms with van der Waals surface area (Å²) in [4.78, 5) is 14.8. The van der Waals surface area contributed by atoms with E-state index in [2.05, 4.69) is 0 Å². The second-order valence-electron chi connectivity index (χ2n) is 8.17. The average molecular weight is 433 g/mol. The summed E-state index contributed by atoms with van der Waals surface area (Å²) < 4.78 is 29.3. The summed E-state index contributed by atoms with van der Waals surface area (Å²) in [5.41, 5.74) is 4.23. The number of carbonyl (C=O) groups is 1. The second kappa shape index (κ2) is 7.54. The first kappa shape index (κ1) is 19.8. The Morgan fingerprint density at radius 1 is 1.00 bits per heavy atom. The highest BCUT2D eigenvalue weighted by Crippen LogP contribution is 2.44. The van der Waals surface area contributed by atoms with Gasteiger partial charge in [0.1, 0.15) is 0 Å². The smallest absolute Gasteiger partial charge is 0.264 e. The molecule has 0 saturated carbocycles. The maximum Gasteiger partial charge on any atom is 0.264 e. The normalized spacial score (nSPS) is 17.5. The number of hydrogen-bond donors (Lipinski definition) is 0. The lowest BCUT2D eigenvalue weighted by Gasteiger charge is -2.28.